The molecule has 1 aromatic heterocycles. The fourth-order valence-electron chi connectivity index (χ4n) is 2.36. The van der Waals surface area contributed by atoms with Crippen LogP contribution in [0.25, 0.3) is 0 Å². The molecule has 1 aliphatic rings. The van der Waals surface area contributed by atoms with E-state index in [0.29, 0.717) is 6.04 Å². The van der Waals surface area contributed by atoms with Crippen molar-refractivity contribution in [3.05, 3.63) is 18.1 Å². The molecule has 0 spiro atoms. The predicted octanol–water partition coefficient (Wildman–Crippen LogP) is 2.36. The van der Waals surface area contributed by atoms with Crippen molar-refractivity contribution in [3.8, 4) is 0 Å². The minimum Gasteiger partial charge on any atom is -0.356 e. The van der Waals surface area contributed by atoms with Crippen LogP contribution in [0.2, 0.25) is 0 Å². The van der Waals surface area contributed by atoms with Gasteiger partial charge in [-0.15, -0.1) is 0 Å². The van der Waals surface area contributed by atoms with Crippen molar-refractivity contribution < 1.29 is 0 Å². The average molecular weight is 248 g/mol. The van der Waals surface area contributed by atoms with Crippen LogP contribution in [0.15, 0.2) is 12.5 Å². The van der Waals surface area contributed by atoms with Crippen LogP contribution in [0, 0.1) is 0 Å². The minimum atomic E-state index is 0.488. The van der Waals surface area contributed by atoms with Crippen molar-refractivity contribution in [1.29, 1.82) is 0 Å². The third-order valence-corrected chi connectivity index (χ3v) is 3.37. The summed E-state index contributed by atoms with van der Waals surface area (Å²) in [5.41, 5.74) is 1.22. The van der Waals surface area contributed by atoms with Gasteiger partial charge in [-0.05, 0) is 12.8 Å². The first-order chi connectivity index (χ1) is 8.77. The Morgan fingerprint density at radius 2 is 1.94 bits per heavy atom. The maximum Gasteiger partial charge on any atom is 0.136 e. The molecule has 4 heteroatoms. The molecule has 0 bridgehead atoms. The van der Waals surface area contributed by atoms with Crippen molar-refractivity contribution in [2.24, 2.45) is 0 Å². The molecule has 1 N–H and O–H groups in total. The lowest BCUT2D eigenvalue weighted by atomic mass is 10.2. The summed E-state index contributed by atoms with van der Waals surface area (Å²) in [5, 5.41) is 3.45. The lowest BCUT2D eigenvalue weighted by Gasteiger charge is -2.24. The van der Waals surface area contributed by atoms with Crippen LogP contribution in [-0.2, 0) is 6.54 Å². The molecule has 1 aliphatic heterocycles. The molecule has 0 saturated carbocycles. The molecule has 1 aromatic rings. The normalized spacial score (nSPS) is 16.9. The molecular weight excluding hydrogens is 224 g/mol. The second-order valence-corrected chi connectivity index (χ2v) is 5.31. The van der Waals surface area contributed by atoms with E-state index in [4.69, 9.17) is 0 Å². The van der Waals surface area contributed by atoms with Gasteiger partial charge in [0.05, 0.1) is 0 Å². The van der Waals surface area contributed by atoms with Crippen molar-refractivity contribution in [2.75, 3.05) is 18.0 Å². The van der Waals surface area contributed by atoms with Crippen LogP contribution >= 0.6 is 0 Å². The van der Waals surface area contributed by atoms with Gasteiger partial charge in [-0.25, -0.2) is 9.97 Å². The van der Waals surface area contributed by atoms with E-state index in [9.17, 15) is 0 Å². The lowest BCUT2D eigenvalue weighted by molar-refractivity contribution is 0.585. The standard InChI is InChI=1S/C14H24N4/c1-12(2)16-10-13-9-15-11-17-14(13)18-7-5-3-4-6-8-18/h9,11-12,16H,3-8,10H2,1-2H3. The summed E-state index contributed by atoms with van der Waals surface area (Å²) in [7, 11) is 0. The third-order valence-electron chi connectivity index (χ3n) is 3.37. The molecule has 4 nitrogen and oxygen atoms in total. The Labute approximate surface area is 110 Å². The van der Waals surface area contributed by atoms with E-state index >= 15 is 0 Å². The molecule has 0 atom stereocenters. The molecule has 18 heavy (non-hydrogen) atoms. The zero-order valence-corrected chi connectivity index (χ0v) is 11.5. The number of aromatic nitrogens is 2. The molecule has 0 aliphatic carbocycles. The zero-order chi connectivity index (χ0) is 12.8. The number of rotatable bonds is 4. The first-order valence-corrected chi connectivity index (χ1v) is 7.04. The SMILES string of the molecule is CC(C)NCc1cncnc1N1CCCCCC1. The molecule has 1 saturated heterocycles. The van der Waals surface area contributed by atoms with Gasteiger partial charge in [0.2, 0.25) is 0 Å². The second kappa shape index (κ2) is 6.69. The molecule has 2 rings (SSSR count). The Morgan fingerprint density at radius 1 is 1.22 bits per heavy atom. The van der Waals surface area contributed by atoms with Gasteiger partial charge >= 0.3 is 0 Å². The summed E-state index contributed by atoms with van der Waals surface area (Å²) in [6, 6.07) is 0.488. The number of nitrogens with zero attached hydrogens (tertiary/aromatic N) is 3. The third kappa shape index (κ3) is 3.67. The summed E-state index contributed by atoms with van der Waals surface area (Å²) < 4.78 is 0. The van der Waals surface area contributed by atoms with Crippen LogP contribution in [0.5, 0.6) is 0 Å². The van der Waals surface area contributed by atoms with Crippen molar-refractivity contribution in [1.82, 2.24) is 15.3 Å². The number of hydrogen-bond donors (Lipinski definition) is 1. The number of hydrogen-bond acceptors (Lipinski definition) is 4. The Hall–Kier alpha value is -1.16. The maximum absolute atomic E-state index is 4.50. The van der Waals surface area contributed by atoms with Gasteiger partial charge in [0.15, 0.2) is 0 Å². The Kier molecular flexibility index (Phi) is 4.93. The molecule has 0 amide bonds. The lowest BCUT2D eigenvalue weighted by Crippen LogP contribution is -2.28. The molecule has 0 aromatic carbocycles. The van der Waals surface area contributed by atoms with E-state index in [1.54, 1.807) is 6.33 Å². The van der Waals surface area contributed by atoms with Gasteiger partial charge in [-0.3, -0.25) is 0 Å². The summed E-state index contributed by atoms with van der Waals surface area (Å²) in [5.74, 6) is 1.13. The zero-order valence-electron chi connectivity index (χ0n) is 11.5. The van der Waals surface area contributed by atoms with E-state index in [0.717, 1.165) is 25.5 Å². The summed E-state index contributed by atoms with van der Waals surface area (Å²) in [6.45, 7) is 7.44. The van der Waals surface area contributed by atoms with Crippen LogP contribution in [0.3, 0.4) is 0 Å². The average Bonchev–Trinajstić information content (AvgIpc) is 2.65. The van der Waals surface area contributed by atoms with E-state index in [-0.39, 0.29) is 0 Å². The number of anilines is 1. The van der Waals surface area contributed by atoms with Crippen LogP contribution in [0.4, 0.5) is 5.82 Å². The van der Waals surface area contributed by atoms with Gasteiger partial charge in [0.1, 0.15) is 12.1 Å². The van der Waals surface area contributed by atoms with Crippen molar-refractivity contribution >= 4 is 5.82 Å². The Morgan fingerprint density at radius 3 is 2.61 bits per heavy atom. The van der Waals surface area contributed by atoms with Gasteiger partial charge < -0.3 is 10.2 Å². The molecule has 2 heterocycles. The highest BCUT2D eigenvalue weighted by atomic mass is 15.2. The first-order valence-electron chi connectivity index (χ1n) is 7.04. The fourth-order valence-corrected chi connectivity index (χ4v) is 2.36. The van der Waals surface area contributed by atoms with Crippen LogP contribution in [0.1, 0.15) is 45.1 Å². The molecule has 0 unspecified atom stereocenters. The number of nitrogens with one attached hydrogen (secondary N) is 1. The summed E-state index contributed by atoms with van der Waals surface area (Å²) in [4.78, 5) is 11.1. The largest absolute Gasteiger partial charge is 0.356 e. The summed E-state index contributed by atoms with van der Waals surface area (Å²) >= 11 is 0. The van der Waals surface area contributed by atoms with Gasteiger partial charge in [-0.2, -0.15) is 0 Å². The van der Waals surface area contributed by atoms with E-state index < -0.39 is 0 Å². The van der Waals surface area contributed by atoms with Gasteiger partial charge in [0, 0.05) is 37.4 Å². The summed E-state index contributed by atoms with van der Waals surface area (Å²) in [6.07, 6.45) is 8.87. The fraction of sp³-hybridized carbons (Fsp3) is 0.714. The predicted molar refractivity (Wildman–Crippen MR) is 74.7 cm³/mol. The molecular formula is C14H24N4. The monoisotopic (exact) mass is 248 g/mol. The topological polar surface area (TPSA) is 41.1 Å². The Balaban J connectivity index is 2.09. The highest BCUT2D eigenvalue weighted by Gasteiger charge is 2.14. The van der Waals surface area contributed by atoms with Crippen LogP contribution < -0.4 is 10.2 Å². The highest BCUT2D eigenvalue weighted by Crippen LogP contribution is 2.20. The van der Waals surface area contributed by atoms with Crippen LogP contribution in [-0.4, -0.2) is 29.1 Å². The van der Waals surface area contributed by atoms with E-state index in [2.05, 4.69) is 34.0 Å². The second-order valence-electron chi connectivity index (χ2n) is 5.31. The quantitative estimate of drug-likeness (QED) is 0.888. The molecule has 100 valence electrons. The molecule has 0 radical (unpaired) electrons. The van der Waals surface area contributed by atoms with Crippen molar-refractivity contribution in [2.45, 2.75) is 52.1 Å². The van der Waals surface area contributed by atoms with Crippen molar-refractivity contribution in [3.63, 3.8) is 0 Å². The Bertz CT molecular complexity index is 357. The van der Waals surface area contributed by atoms with Gasteiger partial charge in [0.25, 0.3) is 0 Å². The highest BCUT2D eigenvalue weighted by molar-refractivity contribution is 5.45. The maximum atomic E-state index is 4.50. The minimum absolute atomic E-state index is 0.488. The van der Waals surface area contributed by atoms with E-state index in [1.807, 2.05) is 6.20 Å². The molecule has 1 fully saturated rings. The van der Waals surface area contributed by atoms with Gasteiger partial charge in [-0.1, -0.05) is 26.7 Å². The first kappa shape index (κ1) is 13.3. The smallest absolute Gasteiger partial charge is 0.136 e. The van der Waals surface area contributed by atoms with E-state index in [1.165, 1.54) is 31.2 Å².